The fraction of sp³-hybridized carbons (Fsp3) is 0.143. The smallest absolute Gasteiger partial charge is 0.222 e. The Labute approximate surface area is 221 Å². The maximum atomic E-state index is 6.32. The maximum Gasteiger partial charge on any atom is 0.222 e. The summed E-state index contributed by atoms with van der Waals surface area (Å²) in [6.07, 6.45) is 7.47. The Morgan fingerprint density at radius 2 is 1.53 bits per heavy atom. The van der Waals surface area contributed by atoms with Gasteiger partial charge in [-0.05, 0) is 54.8 Å². The first-order valence-electron chi connectivity index (χ1n) is 13.5. The second-order valence-electron chi connectivity index (χ2n) is 10.6. The van der Waals surface area contributed by atoms with Gasteiger partial charge in [-0.2, -0.15) is 9.13 Å². The van der Waals surface area contributed by atoms with Crippen LogP contribution in [0.2, 0.25) is 0 Å². The second kappa shape index (κ2) is 8.26. The molecule has 5 heterocycles. The number of para-hydroxylation sites is 1. The summed E-state index contributed by atoms with van der Waals surface area (Å²) in [7, 11) is 0. The number of nitrogens with zero attached hydrogens (tertiary/aromatic N) is 2. The van der Waals surface area contributed by atoms with Gasteiger partial charge in [0.1, 0.15) is 11.2 Å². The molecule has 2 atom stereocenters. The lowest BCUT2D eigenvalue weighted by Crippen LogP contribution is -2.49. The molecule has 3 aromatic heterocycles. The van der Waals surface area contributed by atoms with Crippen molar-refractivity contribution in [3.05, 3.63) is 127 Å². The molecule has 3 nitrogen and oxygen atoms in total. The van der Waals surface area contributed by atoms with Crippen molar-refractivity contribution in [2.24, 2.45) is 0 Å². The van der Waals surface area contributed by atoms with Crippen LogP contribution in [0.4, 0.5) is 0 Å². The highest BCUT2D eigenvalue weighted by molar-refractivity contribution is 6.04. The molecule has 2 unspecified atom stereocenters. The van der Waals surface area contributed by atoms with Crippen molar-refractivity contribution >= 4 is 27.6 Å². The molecule has 0 aliphatic carbocycles. The van der Waals surface area contributed by atoms with Gasteiger partial charge in [0.05, 0.1) is 17.9 Å². The first-order chi connectivity index (χ1) is 18.8. The van der Waals surface area contributed by atoms with Gasteiger partial charge in [-0.15, -0.1) is 0 Å². The number of hydrogen-bond acceptors (Lipinski definition) is 1. The molecule has 2 aliphatic rings. The lowest BCUT2D eigenvalue weighted by molar-refractivity contribution is -0.720. The Kier molecular flexibility index (Phi) is 4.69. The van der Waals surface area contributed by atoms with E-state index < -0.39 is 0 Å². The Bertz CT molecular complexity index is 1900. The minimum Gasteiger partial charge on any atom is -0.456 e. The van der Waals surface area contributed by atoms with Crippen molar-refractivity contribution < 1.29 is 13.6 Å². The summed E-state index contributed by atoms with van der Waals surface area (Å²) < 4.78 is 11.1. The summed E-state index contributed by atoms with van der Waals surface area (Å²) in [6.45, 7) is 4.71. The summed E-state index contributed by atoms with van der Waals surface area (Å²) in [4.78, 5) is 0. The molecule has 3 aromatic carbocycles. The molecule has 182 valence electrons. The van der Waals surface area contributed by atoms with Crippen LogP contribution in [0.3, 0.4) is 0 Å². The molecule has 0 bridgehead atoms. The highest BCUT2D eigenvalue weighted by Gasteiger charge is 2.42. The van der Waals surface area contributed by atoms with E-state index in [1.807, 2.05) is 12.1 Å². The van der Waals surface area contributed by atoms with Gasteiger partial charge in [0, 0.05) is 34.6 Å². The average molecular weight is 493 g/mol. The molecule has 6 aromatic rings. The van der Waals surface area contributed by atoms with Crippen molar-refractivity contribution in [1.29, 1.82) is 0 Å². The minimum atomic E-state index is 0.288. The topological polar surface area (TPSA) is 20.9 Å². The molecule has 0 N–H and O–H groups in total. The van der Waals surface area contributed by atoms with Gasteiger partial charge in [0.15, 0.2) is 24.1 Å². The van der Waals surface area contributed by atoms with Gasteiger partial charge in [-0.25, -0.2) is 0 Å². The van der Waals surface area contributed by atoms with Crippen LogP contribution in [0.5, 0.6) is 0 Å². The standard InChI is InChI=1S/C35H28N2O/c1-23-20-32-28(26-12-4-5-13-27(26)31-15-8-9-19-36(31)32)18-17-24-10-2-3-11-25(24)33-21-35-30(22-37(23)33)29-14-6-7-16-34(29)38-35/h2-16,19,21-22,28,32H,1,17-18,20H2/q+2. The lowest BCUT2D eigenvalue weighted by atomic mass is 9.77. The second-order valence-corrected chi connectivity index (χ2v) is 10.6. The molecular formula is C35H28N2O+2. The third-order valence-electron chi connectivity index (χ3n) is 8.60. The number of aromatic nitrogens is 2. The molecule has 8 rings (SSSR count). The zero-order chi connectivity index (χ0) is 25.2. The van der Waals surface area contributed by atoms with E-state index in [2.05, 4.69) is 106 Å². The van der Waals surface area contributed by atoms with Crippen molar-refractivity contribution in [1.82, 2.24) is 0 Å². The minimum absolute atomic E-state index is 0.288. The highest BCUT2D eigenvalue weighted by Crippen LogP contribution is 2.44. The molecule has 0 spiro atoms. The van der Waals surface area contributed by atoms with Gasteiger partial charge >= 0.3 is 0 Å². The summed E-state index contributed by atoms with van der Waals surface area (Å²) in [5.41, 5.74) is 10.8. The summed E-state index contributed by atoms with van der Waals surface area (Å²) in [5, 5.41) is 2.26. The molecule has 0 saturated heterocycles. The van der Waals surface area contributed by atoms with E-state index in [1.54, 1.807) is 0 Å². The summed E-state index contributed by atoms with van der Waals surface area (Å²) in [5.74, 6) is 0.400. The van der Waals surface area contributed by atoms with E-state index in [9.17, 15) is 0 Å². The number of aryl methyl sites for hydroxylation is 1. The molecule has 0 fully saturated rings. The van der Waals surface area contributed by atoms with Crippen LogP contribution >= 0.6 is 0 Å². The number of furan rings is 1. The molecule has 0 saturated carbocycles. The highest BCUT2D eigenvalue weighted by atomic mass is 16.3. The number of benzene rings is 3. The van der Waals surface area contributed by atoms with Crippen molar-refractivity contribution in [2.75, 3.05) is 0 Å². The normalized spacial score (nSPS) is 18.3. The van der Waals surface area contributed by atoms with Gasteiger partial charge in [0.25, 0.3) is 0 Å². The van der Waals surface area contributed by atoms with E-state index in [0.29, 0.717) is 5.92 Å². The fourth-order valence-electron chi connectivity index (χ4n) is 6.84. The first kappa shape index (κ1) is 21.6. The average Bonchev–Trinajstić information content (AvgIpc) is 3.33. The summed E-state index contributed by atoms with van der Waals surface area (Å²) >= 11 is 0. The SMILES string of the molecule is C=C1CC2C(CCc3ccccc3-c3cc4oc5ccccc5c4c[n+]31)c1ccccc1-c1cccc[n+]12. The van der Waals surface area contributed by atoms with E-state index in [-0.39, 0.29) is 6.04 Å². The zero-order valence-corrected chi connectivity index (χ0v) is 21.2. The molecule has 0 radical (unpaired) electrons. The zero-order valence-electron chi connectivity index (χ0n) is 21.2. The molecule has 2 aliphatic heterocycles. The van der Waals surface area contributed by atoms with Crippen LogP contribution < -0.4 is 9.13 Å². The summed E-state index contributed by atoms with van der Waals surface area (Å²) in [6, 6.07) is 35.2. The van der Waals surface area contributed by atoms with E-state index in [4.69, 9.17) is 11.0 Å². The monoisotopic (exact) mass is 492 g/mol. The number of rotatable bonds is 0. The fourth-order valence-corrected chi connectivity index (χ4v) is 6.84. The lowest BCUT2D eigenvalue weighted by Gasteiger charge is -2.31. The Balaban J connectivity index is 1.38. The molecular weight excluding hydrogens is 464 g/mol. The number of hydrogen-bond donors (Lipinski definition) is 0. The largest absolute Gasteiger partial charge is 0.456 e. The third kappa shape index (κ3) is 3.15. The van der Waals surface area contributed by atoms with Crippen molar-refractivity contribution in [2.45, 2.75) is 31.2 Å². The van der Waals surface area contributed by atoms with E-state index in [0.717, 1.165) is 52.6 Å². The van der Waals surface area contributed by atoms with Crippen molar-refractivity contribution in [3.63, 3.8) is 0 Å². The number of pyridine rings is 2. The Hall–Kier alpha value is -4.50. The van der Waals surface area contributed by atoms with Crippen LogP contribution in [-0.4, -0.2) is 0 Å². The van der Waals surface area contributed by atoms with Crippen LogP contribution in [0.25, 0.3) is 50.2 Å². The number of fused-ring (bicyclic) bond motifs is 12. The van der Waals surface area contributed by atoms with Gasteiger partial charge < -0.3 is 4.42 Å². The maximum absolute atomic E-state index is 6.32. The quantitative estimate of drug-likeness (QED) is 0.200. The van der Waals surface area contributed by atoms with Gasteiger partial charge in [-0.3, -0.25) is 0 Å². The molecule has 0 amide bonds. The van der Waals surface area contributed by atoms with Crippen molar-refractivity contribution in [3.8, 4) is 22.5 Å². The Morgan fingerprint density at radius 3 is 2.47 bits per heavy atom. The van der Waals surface area contributed by atoms with Crippen LogP contribution in [-0.2, 0) is 6.42 Å². The molecule has 3 heteroatoms. The van der Waals surface area contributed by atoms with Crippen LogP contribution in [0.15, 0.2) is 120 Å². The van der Waals surface area contributed by atoms with E-state index in [1.165, 1.54) is 27.9 Å². The predicted octanol–water partition coefficient (Wildman–Crippen LogP) is 7.64. The van der Waals surface area contributed by atoms with E-state index >= 15 is 0 Å². The third-order valence-corrected chi connectivity index (χ3v) is 8.60. The van der Waals surface area contributed by atoms with Crippen LogP contribution in [0, 0.1) is 0 Å². The van der Waals surface area contributed by atoms with Crippen LogP contribution in [0.1, 0.15) is 35.9 Å². The Morgan fingerprint density at radius 1 is 0.737 bits per heavy atom. The van der Waals surface area contributed by atoms with Gasteiger partial charge in [-0.1, -0.05) is 54.6 Å². The van der Waals surface area contributed by atoms with Gasteiger partial charge in [0.2, 0.25) is 11.4 Å². The predicted molar refractivity (Wildman–Crippen MR) is 151 cm³/mol. The number of allylic oxidation sites excluding steroid dienone is 1. The molecule has 38 heavy (non-hydrogen) atoms. The first-order valence-corrected chi connectivity index (χ1v) is 13.5.